The van der Waals surface area contributed by atoms with E-state index in [4.69, 9.17) is 0 Å². The second-order valence-electron chi connectivity index (χ2n) is 7.87. The molecule has 0 radical (unpaired) electrons. The van der Waals surface area contributed by atoms with Crippen LogP contribution in [0, 0.1) is 0 Å². The second kappa shape index (κ2) is 6.17. The molecule has 3 aromatic heterocycles. The highest BCUT2D eigenvalue weighted by Crippen LogP contribution is 2.33. The molecule has 142 valence electrons. The first-order valence-electron chi connectivity index (χ1n) is 8.87. The molecule has 4 heterocycles. The number of nitrogens with zero attached hydrogens (tertiary/aromatic N) is 7. The zero-order valence-corrected chi connectivity index (χ0v) is 15.5. The van der Waals surface area contributed by atoms with Crippen molar-refractivity contribution in [1.29, 1.82) is 0 Å². The fourth-order valence-electron chi connectivity index (χ4n) is 3.02. The van der Waals surface area contributed by atoms with Gasteiger partial charge in [0, 0.05) is 24.6 Å². The summed E-state index contributed by atoms with van der Waals surface area (Å²) in [5, 5.41) is 8.93. The van der Waals surface area contributed by atoms with E-state index in [2.05, 4.69) is 25.1 Å². The van der Waals surface area contributed by atoms with Crippen LogP contribution in [0.1, 0.15) is 38.7 Å². The summed E-state index contributed by atoms with van der Waals surface area (Å²) in [6.07, 6.45) is 1.51. The van der Waals surface area contributed by atoms with Crippen LogP contribution in [0.5, 0.6) is 0 Å². The molecule has 0 aromatic carbocycles. The van der Waals surface area contributed by atoms with Gasteiger partial charge in [0.15, 0.2) is 11.3 Å². The van der Waals surface area contributed by atoms with E-state index in [1.165, 1.54) is 4.80 Å². The molecule has 3 aromatic rings. The molecule has 0 N–H and O–H groups in total. The van der Waals surface area contributed by atoms with E-state index >= 15 is 0 Å². The monoisotopic (exact) mass is 373 g/mol. The fourth-order valence-corrected chi connectivity index (χ4v) is 3.02. The largest absolute Gasteiger partial charge is 0.348 e. The Labute approximate surface area is 155 Å². The van der Waals surface area contributed by atoms with E-state index in [9.17, 15) is 8.78 Å². The van der Waals surface area contributed by atoms with Gasteiger partial charge in [0.25, 0.3) is 5.92 Å². The number of fused-ring (bicyclic) bond motifs is 1. The summed E-state index contributed by atoms with van der Waals surface area (Å²) in [6.45, 7) is 6.18. The van der Waals surface area contributed by atoms with Crippen LogP contribution in [0.15, 0.2) is 24.4 Å². The zero-order valence-electron chi connectivity index (χ0n) is 15.5. The van der Waals surface area contributed by atoms with E-state index in [1.807, 2.05) is 39.0 Å². The number of pyridine rings is 1. The minimum atomic E-state index is -2.72. The smallest absolute Gasteiger partial charge is 0.266 e. The molecule has 0 saturated carbocycles. The lowest BCUT2D eigenvalue weighted by atomic mass is 9.96. The maximum absolute atomic E-state index is 13.8. The molecule has 1 aliphatic heterocycles. The van der Waals surface area contributed by atoms with Gasteiger partial charge in [-0.1, -0.05) is 26.8 Å². The van der Waals surface area contributed by atoms with Gasteiger partial charge in [0.1, 0.15) is 12.4 Å². The van der Waals surface area contributed by atoms with Crippen molar-refractivity contribution in [3.63, 3.8) is 0 Å². The molecule has 0 spiro atoms. The number of aromatic nitrogens is 6. The zero-order chi connectivity index (χ0) is 19.2. The maximum Gasteiger partial charge on any atom is 0.266 e. The first-order valence-corrected chi connectivity index (χ1v) is 8.87. The number of halogens is 2. The molecule has 1 fully saturated rings. The Bertz CT molecular complexity index is 963. The third-order valence-electron chi connectivity index (χ3n) is 4.44. The van der Waals surface area contributed by atoms with E-state index in [0.29, 0.717) is 29.4 Å². The van der Waals surface area contributed by atoms with Crippen molar-refractivity contribution >= 4 is 17.0 Å². The summed E-state index contributed by atoms with van der Waals surface area (Å²) in [6, 6.07) is 5.60. The quantitative estimate of drug-likeness (QED) is 0.703. The van der Waals surface area contributed by atoms with Gasteiger partial charge in [-0.25, -0.2) is 18.7 Å². The summed E-state index contributed by atoms with van der Waals surface area (Å²) in [7, 11) is 0. The van der Waals surface area contributed by atoms with Gasteiger partial charge in [-0.3, -0.25) is 4.98 Å². The third-order valence-corrected chi connectivity index (χ3v) is 4.44. The number of anilines is 1. The Balaban J connectivity index is 1.79. The molecule has 4 rings (SSSR count). The van der Waals surface area contributed by atoms with Crippen LogP contribution in [-0.2, 0) is 12.0 Å². The first kappa shape index (κ1) is 17.7. The van der Waals surface area contributed by atoms with Crippen molar-refractivity contribution in [2.24, 2.45) is 0 Å². The SMILES string of the molecule is CC(C)(C)c1nc(N2CCC(F)(F)C2)c2nn(Cc3ccccn3)nc2n1. The van der Waals surface area contributed by atoms with Crippen LogP contribution in [0.25, 0.3) is 11.2 Å². The first-order chi connectivity index (χ1) is 12.7. The topological polar surface area (TPSA) is 72.6 Å². The second-order valence-corrected chi connectivity index (χ2v) is 7.87. The molecule has 0 unspecified atom stereocenters. The van der Waals surface area contributed by atoms with Crippen molar-refractivity contribution in [3.05, 3.63) is 35.9 Å². The Morgan fingerprint density at radius 3 is 2.59 bits per heavy atom. The van der Waals surface area contributed by atoms with Crippen molar-refractivity contribution in [2.45, 2.75) is 45.1 Å². The fraction of sp³-hybridized carbons (Fsp3) is 0.500. The lowest BCUT2D eigenvalue weighted by Gasteiger charge is -2.21. The Morgan fingerprint density at radius 1 is 1.15 bits per heavy atom. The molecular weight excluding hydrogens is 352 g/mol. The average molecular weight is 373 g/mol. The minimum Gasteiger partial charge on any atom is -0.348 e. The summed E-state index contributed by atoms with van der Waals surface area (Å²) in [5.74, 6) is -1.73. The summed E-state index contributed by atoms with van der Waals surface area (Å²) in [5.41, 5.74) is 1.32. The van der Waals surface area contributed by atoms with Gasteiger partial charge in [-0.2, -0.15) is 4.80 Å². The summed E-state index contributed by atoms with van der Waals surface area (Å²) in [4.78, 5) is 16.5. The molecule has 0 aliphatic carbocycles. The summed E-state index contributed by atoms with van der Waals surface area (Å²) >= 11 is 0. The molecule has 1 aliphatic rings. The summed E-state index contributed by atoms with van der Waals surface area (Å²) < 4.78 is 27.5. The number of alkyl halides is 2. The average Bonchev–Trinajstić information content (AvgIpc) is 3.16. The van der Waals surface area contributed by atoms with E-state index in [0.717, 1.165) is 5.69 Å². The van der Waals surface area contributed by atoms with Crippen LogP contribution in [-0.4, -0.2) is 49.0 Å². The highest BCUT2D eigenvalue weighted by Gasteiger charge is 2.40. The third kappa shape index (κ3) is 3.58. The lowest BCUT2D eigenvalue weighted by molar-refractivity contribution is 0.0257. The van der Waals surface area contributed by atoms with Crippen molar-refractivity contribution < 1.29 is 8.78 Å². The standard InChI is InChI=1S/C18H21F2N7/c1-17(2,3)16-22-14-13(15(23-16)26-9-7-18(19,20)11-26)24-27(25-14)10-12-6-4-5-8-21-12/h4-6,8H,7,9-11H2,1-3H3. The molecule has 1 saturated heterocycles. The predicted octanol–water partition coefficient (Wildman–Crippen LogP) is 2.81. The number of hydrogen-bond acceptors (Lipinski definition) is 6. The Kier molecular flexibility index (Phi) is 4.05. The van der Waals surface area contributed by atoms with Gasteiger partial charge >= 0.3 is 0 Å². The molecule has 0 bridgehead atoms. The van der Waals surface area contributed by atoms with Crippen molar-refractivity contribution in [3.8, 4) is 0 Å². The highest BCUT2D eigenvalue weighted by molar-refractivity contribution is 5.82. The van der Waals surface area contributed by atoms with Crippen LogP contribution in [0.4, 0.5) is 14.6 Å². The lowest BCUT2D eigenvalue weighted by Crippen LogP contribution is -2.27. The number of rotatable bonds is 3. The number of hydrogen-bond donors (Lipinski definition) is 0. The van der Waals surface area contributed by atoms with Gasteiger partial charge in [-0.15, -0.1) is 10.2 Å². The Morgan fingerprint density at radius 2 is 1.96 bits per heavy atom. The van der Waals surface area contributed by atoms with Gasteiger partial charge < -0.3 is 4.90 Å². The molecule has 7 nitrogen and oxygen atoms in total. The van der Waals surface area contributed by atoms with E-state index in [1.54, 1.807) is 11.1 Å². The normalized spacial score (nSPS) is 17.0. The highest BCUT2D eigenvalue weighted by atomic mass is 19.3. The van der Waals surface area contributed by atoms with Crippen LogP contribution in [0.2, 0.25) is 0 Å². The van der Waals surface area contributed by atoms with Crippen molar-refractivity contribution in [1.82, 2.24) is 29.9 Å². The van der Waals surface area contributed by atoms with E-state index < -0.39 is 5.92 Å². The molecule has 27 heavy (non-hydrogen) atoms. The maximum atomic E-state index is 13.8. The van der Waals surface area contributed by atoms with Crippen LogP contribution >= 0.6 is 0 Å². The van der Waals surface area contributed by atoms with Gasteiger partial charge in [0.05, 0.1) is 12.2 Å². The van der Waals surface area contributed by atoms with Gasteiger partial charge in [-0.05, 0) is 12.1 Å². The molecule has 0 amide bonds. The molecule has 0 atom stereocenters. The van der Waals surface area contributed by atoms with Crippen LogP contribution < -0.4 is 4.90 Å². The predicted molar refractivity (Wildman–Crippen MR) is 96.9 cm³/mol. The van der Waals surface area contributed by atoms with E-state index in [-0.39, 0.29) is 24.9 Å². The molecule has 9 heteroatoms. The van der Waals surface area contributed by atoms with Gasteiger partial charge in [0.2, 0.25) is 5.65 Å². The van der Waals surface area contributed by atoms with Crippen LogP contribution in [0.3, 0.4) is 0 Å². The Hall–Kier alpha value is -2.71. The minimum absolute atomic E-state index is 0.189. The van der Waals surface area contributed by atoms with Crippen molar-refractivity contribution in [2.75, 3.05) is 18.0 Å². The molecular formula is C18H21F2N7.